The Morgan fingerprint density at radius 1 is 1.47 bits per heavy atom. The monoisotopic (exact) mass is 267 g/mol. The summed E-state index contributed by atoms with van der Waals surface area (Å²) in [5.74, 6) is 0. The first-order valence-electron chi connectivity index (χ1n) is 7.07. The summed E-state index contributed by atoms with van der Waals surface area (Å²) in [7, 11) is 0. The number of aliphatic hydroxyl groups excluding tert-OH is 1. The first kappa shape index (κ1) is 14.5. The van der Waals surface area contributed by atoms with Crippen molar-refractivity contribution in [1.29, 1.82) is 0 Å². The number of aryl methyl sites for hydroxylation is 1. The van der Waals surface area contributed by atoms with Gasteiger partial charge in [-0.2, -0.15) is 0 Å². The van der Waals surface area contributed by atoms with Crippen LogP contribution in [0.2, 0.25) is 0 Å². The average molecular weight is 267 g/mol. The summed E-state index contributed by atoms with van der Waals surface area (Å²) >= 11 is 0. The van der Waals surface area contributed by atoms with E-state index in [1.54, 1.807) is 0 Å². The van der Waals surface area contributed by atoms with Gasteiger partial charge >= 0.3 is 0 Å². The van der Waals surface area contributed by atoms with Gasteiger partial charge in [-0.3, -0.25) is 4.90 Å². The van der Waals surface area contributed by atoms with E-state index in [4.69, 9.17) is 4.74 Å². The topological polar surface area (TPSA) is 60.5 Å². The zero-order valence-electron chi connectivity index (χ0n) is 11.7. The lowest BCUT2D eigenvalue weighted by atomic mass is 10.2. The number of hydrogen-bond donors (Lipinski definition) is 3. The maximum atomic E-state index is 9.95. The number of H-pyrrole nitrogens is 1. The molecule has 1 aromatic rings. The Balaban J connectivity index is 1.54. The minimum absolute atomic E-state index is 0.302. The second kappa shape index (κ2) is 7.65. The lowest BCUT2D eigenvalue weighted by Crippen LogP contribution is -2.43. The van der Waals surface area contributed by atoms with Crippen LogP contribution in [0, 0.1) is 6.92 Å². The van der Waals surface area contributed by atoms with Gasteiger partial charge in [0, 0.05) is 44.6 Å². The highest BCUT2D eigenvalue weighted by Gasteiger charge is 2.14. The summed E-state index contributed by atoms with van der Waals surface area (Å²) in [6, 6.07) is 2.16. The molecular weight excluding hydrogens is 242 g/mol. The van der Waals surface area contributed by atoms with Gasteiger partial charge < -0.3 is 20.1 Å². The third-order valence-electron chi connectivity index (χ3n) is 3.41. The fourth-order valence-electron chi connectivity index (χ4n) is 2.35. The maximum Gasteiger partial charge on any atom is 0.0791 e. The third-order valence-corrected chi connectivity index (χ3v) is 3.41. The third kappa shape index (κ3) is 5.32. The van der Waals surface area contributed by atoms with E-state index in [2.05, 4.69) is 28.2 Å². The van der Waals surface area contributed by atoms with Crippen molar-refractivity contribution in [1.82, 2.24) is 15.2 Å². The van der Waals surface area contributed by atoms with Gasteiger partial charge in [-0.05, 0) is 25.0 Å². The molecule has 1 aliphatic heterocycles. The number of nitrogens with one attached hydrogen (secondary N) is 2. The van der Waals surface area contributed by atoms with E-state index in [0.717, 1.165) is 45.8 Å². The van der Waals surface area contributed by atoms with Gasteiger partial charge in [0.2, 0.25) is 0 Å². The number of aromatic nitrogens is 1. The summed E-state index contributed by atoms with van der Waals surface area (Å²) in [6.45, 7) is 7.78. The second-order valence-corrected chi connectivity index (χ2v) is 5.22. The Morgan fingerprint density at radius 3 is 2.95 bits per heavy atom. The Labute approximate surface area is 115 Å². The first-order chi connectivity index (χ1) is 9.24. The molecule has 108 valence electrons. The molecule has 0 aliphatic carbocycles. The van der Waals surface area contributed by atoms with Gasteiger partial charge in [-0.1, -0.05) is 0 Å². The van der Waals surface area contributed by atoms with Crippen molar-refractivity contribution in [2.75, 3.05) is 45.9 Å². The minimum Gasteiger partial charge on any atom is -0.390 e. The molecule has 0 aromatic carbocycles. The van der Waals surface area contributed by atoms with Crippen LogP contribution in [0.25, 0.3) is 0 Å². The van der Waals surface area contributed by atoms with Crippen LogP contribution >= 0.6 is 0 Å². The van der Waals surface area contributed by atoms with Crippen molar-refractivity contribution < 1.29 is 9.84 Å². The number of ether oxygens (including phenoxy) is 1. The van der Waals surface area contributed by atoms with Crippen LogP contribution in [0.1, 0.15) is 11.3 Å². The van der Waals surface area contributed by atoms with Crippen molar-refractivity contribution in [3.63, 3.8) is 0 Å². The van der Waals surface area contributed by atoms with Crippen LogP contribution in [0.15, 0.2) is 12.3 Å². The van der Waals surface area contributed by atoms with Crippen LogP contribution in [0.4, 0.5) is 0 Å². The summed E-state index contributed by atoms with van der Waals surface area (Å²) in [6.07, 6.45) is 2.68. The molecule has 1 aromatic heterocycles. The van der Waals surface area contributed by atoms with Crippen LogP contribution < -0.4 is 5.32 Å². The molecule has 1 aliphatic rings. The second-order valence-electron chi connectivity index (χ2n) is 5.22. The first-order valence-corrected chi connectivity index (χ1v) is 7.07. The standard InChI is InChI=1S/C14H25N3O2/c1-12-8-13(16-9-12)2-3-15-10-14(18)11-17-4-6-19-7-5-17/h8-9,14-16,18H,2-7,10-11H2,1H3/t14-/m1/s1. The molecule has 5 nitrogen and oxygen atoms in total. The van der Waals surface area contributed by atoms with Gasteiger partial charge in [0.05, 0.1) is 19.3 Å². The van der Waals surface area contributed by atoms with E-state index in [1.807, 2.05) is 6.20 Å². The highest BCUT2D eigenvalue weighted by atomic mass is 16.5. The van der Waals surface area contributed by atoms with Crippen molar-refractivity contribution in [3.05, 3.63) is 23.5 Å². The van der Waals surface area contributed by atoms with E-state index in [9.17, 15) is 5.11 Å². The van der Waals surface area contributed by atoms with Gasteiger partial charge in [0.25, 0.3) is 0 Å². The summed E-state index contributed by atoms with van der Waals surface area (Å²) in [4.78, 5) is 5.49. The van der Waals surface area contributed by atoms with E-state index >= 15 is 0 Å². The zero-order chi connectivity index (χ0) is 13.5. The molecule has 0 bridgehead atoms. The van der Waals surface area contributed by atoms with Gasteiger partial charge in [0.1, 0.15) is 0 Å². The van der Waals surface area contributed by atoms with E-state index in [1.165, 1.54) is 11.3 Å². The van der Waals surface area contributed by atoms with Crippen molar-refractivity contribution in [2.45, 2.75) is 19.4 Å². The smallest absolute Gasteiger partial charge is 0.0791 e. The number of β-amino-alcohol motifs (C(OH)–C–C–N with tert-alkyl or cyclic N) is 1. The lowest BCUT2D eigenvalue weighted by Gasteiger charge is -2.28. The number of rotatable bonds is 7. The number of aliphatic hydroxyl groups is 1. The maximum absolute atomic E-state index is 9.95. The van der Waals surface area contributed by atoms with Crippen LogP contribution in [-0.2, 0) is 11.2 Å². The molecule has 0 saturated carbocycles. The Hall–Kier alpha value is -0.880. The largest absolute Gasteiger partial charge is 0.390 e. The normalized spacial score (nSPS) is 18.6. The van der Waals surface area contributed by atoms with Crippen molar-refractivity contribution in [3.8, 4) is 0 Å². The van der Waals surface area contributed by atoms with Crippen molar-refractivity contribution in [2.24, 2.45) is 0 Å². The fraction of sp³-hybridized carbons (Fsp3) is 0.714. The highest BCUT2D eigenvalue weighted by molar-refractivity contribution is 5.14. The molecule has 19 heavy (non-hydrogen) atoms. The molecule has 2 rings (SSSR count). The quantitative estimate of drug-likeness (QED) is 0.615. The summed E-state index contributed by atoms with van der Waals surface area (Å²) < 4.78 is 5.29. The molecule has 0 radical (unpaired) electrons. The zero-order valence-corrected chi connectivity index (χ0v) is 11.7. The van der Waals surface area contributed by atoms with Crippen LogP contribution in [0.3, 0.4) is 0 Å². The Bertz CT molecular complexity index is 361. The molecular formula is C14H25N3O2. The number of hydrogen-bond acceptors (Lipinski definition) is 4. The molecule has 0 spiro atoms. The average Bonchev–Trinajstić information content (AvgIpc) is 2.82. The van der Waals surface area contributed by atoms with E-state index in [0.29, 0.717) is 6.54 Å². The predicted octanol–water partition coefficient (Wildman–Crippen LogP) is 0.148. The minimum atomic E-state index is -0.302. The predicted molar refractivity (Wildman–Crippen MR) is 75.4 cm³/mol. The molecule has 0 amide bonds. The number of morpholine rings is 1. The molecule has 1 atom stereocenters. The molecule has 3 N–H and O–H groups in total. The van der Waals surface area contributed by atoms with E-state index < -0.39 is 0 Å². The SMILES string of the molecule is Cc1c[nH]c(CCNC[C@@H](O)CN2CCOCC2)c1. The van der Waals surface area contributed by atoms with Gasteiger partial charge in [-0.25, -0.2) is 0 Å². The molecule has 0 unspecified atom stereocenters. The summed E-state index contributed by atoms with van der Waals surface area (Å²) in [5.41, 5.74) is 2.51. The van der Waals surface area contributed by atoms with Crippen LogP contribution in [-0.4, -0.2) is 67.0 Å². The highest BCUT2D eigenvalue weighted by Crippen LogP contribution is 2.01. The number of aromatic amines is 1. The lowest BCUT2D eigenvalue weighted by molar-refractivity contribution is 0.0150. The Kier molecular flexibility index (Phi) is 5.85. The van der Waals surface area contributed by atoms with E-state index in [-0.39, 0.29) is 6.10 Å². The Morgan fingerprint density at radius 2 is 2.26 bits per heavy atom. The molecule has 1 fully saturated rings. The molecule has 2 heterocycles. The van der Waals surface area contributed by atoms with Crippen LogP contribution in [0.5, 0.6) is 0 Å². The molecule has 5 heteroatoms. The van der Waals surface area contributed by atoms with Gasteiger partial charge in [-0.15, -0.1) is 0 Å². The fourth-order valence-corrected chi connectivity index (χ4v) is 2.35. The summed E-state index contributed by atoms with van der Waals surface area (Å²) in [5, 5.41) is 13.3. The van der Waals surface area contributed by atoms with Crippen molar-refractivity contribution >= 4 is 0 Å². The van der Waals surface area contributed by atoms with Gasteiger partial charge in [0.15, 0.2) is 0 Å². The number of nitrogens with zero attached hydrogens (tertiary/aromatic N) is 1. The molecule has 1 saturated heterocycles.